The van der Waals surface area contributed by atoms with Crippen molar-refractivity contribution in [1.82, 2.24) is 0 Å². The average molecular weight is 258 g/mol. The van der Waals surface area contributed by atoms with E-state index < -0.39 is 0 Å². The maximum atomic E-state index is 8.96. The van der Waals surface area contributed by atoms with Gasteiger partial charge in [0.25, 0.3) is 0 Å². The van der Waals surface area contributed by atoms with Gasteiger partial charge in [0, 0.05) is 5.56 Å². The Balaban J connectivity index is 3.55. The van der Waals surface area contributed by atoms with Crippen LogP contribution in [0.25, 0.3) is 0 Å². The van der Waals surface area contributed by atoms with E-state index in [4.69, 9.17) is 5.11 Å². The molecule has 0 aromatic heterocycles. The maximum Gasteiger partial charge on any atom is 0.104 e. The molecular weight excluding hydrogens is 232 g/mol. The van der Waals surface area contributed by atoms with Gasteiger partial charge in [0.05, 0.1) is 0 Å². The molecular formula is C18H26O. The van der Waals surface area contributed by atoms with Crippen LogP contribution in [0.5, 0.6) is 0 Å². The predicted octanol–water partition coefficient (Wildman–Crippen LogP) is 4.40. The molecule has 19 heavy (non-hydrogen) atoms. The summed E-state index contributed by atoms with van der Waals surface area (Å²) in [5.74, 6) is 7.38. The molecule has 1 aromatic rings. The summed E-state index contributed by atoms with van der Waals surface area (Å²) in [6, 6.07) is 4.56. The van der Waals surface area contributed by atoms with Crippen LogP contribution in [0.3, 0.4) is 0 Å². The van der Waals surface area contributed by atoms with Crippen molar-refractivity contribution < 1.29 is 5.11 Å². The number of benzene rings is 1. The van der Waals surface area contributed by atoms with Crippen molar-refractivity contribution in [3.05, 3.63) is 34.4 Å². The van der Waals surface area contributed by atoms with E-state index in [2.05, 4.69) is 65.5 Å². The molecule has 0 amide bonds. The van der Waals surface area contributed by atoms with Crippen molar-refractivity contribution >= 4 is 0 Å². The molecule has 0 heterocycles. The maximum absolute atomic E-state index is 8.96. The van der Waals surface area contributed by atoms with E-state index in [-0.39, 0.29) is 6.61 Å². The number of aliphatic hydroxyl groups is 1. The third kappa shape index (κ3) is 3.85. The minimum Gasteiger partial charge on any atom is -0.384 e. The second-order valence-corrected chi connectivity index (χ2v) is 6.00. The molecule has 1 heteroatoms. The molecule has 1 aromatic carbocycles. The molecule has 0 saturated heterocycles. The van der Waals surface area contributed by atoms with Crippen LogP contribution in [0.1, 0.15) is 81.5 Å². The number of hydrogen-bond acceptors (Lipinski definition) is 1. The van der Waals surface area contributed by atoms with Crippen molar-refractivity contribution in [3.8, 4) is 11.8 Å². The van der Waals surface area contributed by atoms with Gasteiger partial charge in [-0.05, 0) is 34.4 Å². The van der Waals surface area contributed by atoms with Gasteiger partial charge >= 0.3 is 0 Å². The molecule has 0 aliphatic rings. The van der Waals surface area contributed by atoms with Crippen molar-refractivity contribution in [1.29, 1.82) is 0 Å². The summed E-state index contributed by atoms with van der Waals surface area (Å²) in [4.78, 5) is 0. The van der Waals surface area contributed by atoms with Crippen LogP contribution < -0.4 is 0 Å². The molecule has 0 unspecified atom stereocenters. The lowest BCUT2D eigenvalue weighted by atomic mass is 9.85. The Bertz CT molecular complexity index is 455. The largest absolute Gasteiger partial charge is 0.384 e. The predicted molar refractivity (Wildman–Crippen MR) is 82.7 cm³/mol. The fraction of sp³-hybridized carbons (Fsp3) is 0.556. The van der Waals surface area contributed by atoms with Gasteiger partial charge in [-0.3, -0.25) is 0 Å². The van der Waals surface area contributed by atoms with Crippen molar-refractivity contribution in [2.45, 2.75) is 59.3 Å². The number of rotatable bonds is 3. The zero-order chi connectivity index (χ0) is 14.6. The molecule has 0 spiro atoms. The molecule has 0 fully saturated rings. The summed E-state index contributed by atoms with van der Waals surface area (Å²) in [5.41, 5.74) is 5.09. The zero-order valence-electron chi connectivity index (χ0n) is 13.0. The second kappa shape index (κ2) is 6.78. The molecule has 1 N–H and O–H groups in total. The van der Waals surface area contributed by atoms with E-state index in [1.807, 2.05) is 0 Å². The third-order valence-electron chi connectivity index (χ3n) is 3.42. The van der Waals surface area contributed by atoms with Crippen LogP contribution in [-0.4, -0.2) is 11.7 Å². The Kier molecular flexibility index (Phi) is 5.63. The highest BCUT2D eigenvalue weighted by Gasteiger charge is 2.15. The highest BCUT2D eigenvalue weighted by molar-refractivity contribution is 5.52. The van der Waals surface area contributed by atoms with E-state index in [9.17, 15) is 0 Å². The lowest BCUT2D eigenvalue weighted by Crippen LogP contribution is -2.04. The second-order valence-electron chi connectivity index (χ2n) is 6.00. The molecule has 0 saturated carbocycles. The first-order valence-corrected chi connectivity index (χ1v) is 7.15. The molecule has 0 aliphatic heterocycles. The first-order valence-electron chi connectivity index (χ1n) is 7.15. The van der Waals surface area contributed by atoms with Crippen LogP contribution in [-0.2, 0) is 0 Å². The summed E-state index contributed by atoms with van der Waals surface area (Å²) in [6.45, 7) is 13.2. The van der Waals surface area contributed by atoms with Crippen LogP contribution in [0, 0.1) is 11.8 Å². The van der Waals surface area contributed by atoms with Gasteiger partial charge in [-0.1, -0.05) is 65.5 Å². The van der Waals surface area contributed by atoms with E-state index in [0.29, 0.717) is 17.8 Å². The van der Waals surface area contributed by atoms with Gasteiger partial charge in [-0.15, -0.1) is 0 Å². The third-order valence-corrected chi connectivity index (χ3v) is 3.42. The van der Waals surface area contributed by atoms with Crippen LogP contribution in [0.15, 0.2) is 12.1 Å². The van der Waals surface area contributed by atoms with Gasteiger partial charge in [-0.2, -0.15) is 0 Å². The standard InChI is InChI=1S/C18H26O/c1-12(2)15-10-17(13(3)4)16(8-7-9-19)18(11-15)14(5)6/h10-14,19H,9H2,1-6H3. The first kappa shape index (κ1) is 15.8. The summed E-state index contributed by atoms with van der Waals surface area (Å²) in [5, 5.41) is 8.96. The van der Waals surface area contributed by atoms with Crippen LogP contribution in [0.2, 0.25) is 0 Å². The molecule has 1 nitrogen and oxygen atoms in total. The minimum atomic E-state index is -0.0823. The normalized spacial score (nSPS) is 11.1. The summed E-state index contributed by atoms with van der Waals surface area (Å²) in [7, 11) is 0. The van der Waals surface area contributed by atoms with E-state index in [1.54, 1.807) is 0 Å². The Morgan fingerprint density at radius 3 is 1.68 bits per heavy atom. The number of hydrogen-bond donors (Lipinski definition) is 1. The van der Waals surface area contributed by atoms with E-state index in [0.717, 1.165) is 5.56 Å². The molecule has 0 aliphatic carbocycles. The van der Waals surface area contributed by atoms with Crippen molar-refractivity contribution in [2.75, 3.05) is 6.61 Å². The minimum absolute atomic E-state index is 0.0823. The van der Waals surface area contributed by atoms with E-state index >= 15 is 0 Å². The molecule has 0 atom stereocenters. The monoisotopic (exact) mass is 258 g/mol. The summed E-state index contributed by atoms with van der Waals surface area (Å²) >= 11 is 0. The smallest absolute Gasteiger partial charge is 0.104 e. The fourth-order valence-electron chi connectivity index (χ4n) is 2.23. The Hall–Kier alpha value is -1.26. The topological polar surface area (TPSA) is 20.2 Å². The quantitative estimate of drug-likeness (QED) is 0.797. The zero-order valence-corrected chi connectivity index (χ0v) is 13.0. The first-order chi connectivity index (χ1) is 8.88. The highest BCUT2D eigenvalue weighted by Crippen LogP contribution is 2.31. The molecule has 104 valence electrons. The fourth-order valence-corrected chi connectivity index (χ4v) is 2.23. The molecule has 0 radical (unpaired) electrons. The Labute approximate surface area is 118 Å². The van der Waals surface area contributed by atoms with Gasteiger partial charge < -0.3 is 5.11 Å². The summed E-state index contributed by atoms with van der Waals surface area (Å²) < 4.78 is 0. The number of aliphatic hydroxyl groups excluding tert-OH is 1. The van der Waals surface area contributed by atoms with Crippen LogP contribution >= 0.6 is 0 Å². The van der Waals surface area contributed by atoms with Crippen molar-refractivity contribution in [2.24, 2.45) is 0 Å². The summed E-state index contributed by atoms with van der Waals surface area (Å²) in [6.07, 6.45) is 0. The van der Waals surface area contributed by atoms with E-state index in [1.165, 1.54) is 16.7 Å². The van der Waals surface area contributed by atoms with Gasteiger partial charge in [0.1, 0.15) is 6.61 Å². The van der Waals surface area contributed by atoms with Crippen LogP contribution in [0.4, 0.5) is 0 Å². The van der Waals surface area contributed by atoms with Gasteiger partial charge in [-0.25, -0.2) is 0 Å². The molecule has 0 bridgehead atoms. The Morgan fingerprint density at radius 1 is 0.895 bits per heavy atom. The Morgan fingerprint density at radius 2 is 1.37 bits per heavy atom. The lowest BCUT2D eigenvalue weighted by Gasteiger charge is -2.19. The SMILES string of the molecule is CC(C)c1cc(C(C)C)c(C#CCO)c(C(C)C)c1. The average Bonchev–Trinajstić information content (AvgIpc) is 2.34. The van der Waals surface area contributed by atoms with Gasteiger partial charge in [0.15, 0.2) is 0 Å². The molecule has 1 rings (SSSR count). The lowest BCUT2D eigenvalue weighted by molar-refractivity contribution is 0.350. The van der Waals surface area contributed by atoms with Gasteiger partial charge in [0.2, 0.25) is 0 Å². The highest BCUT2D eigenvalue weighted by atomic mass is 16.2. The van der Waals surface area contributed by atoms with Crippen molar-refractivity contribution in [3.63, 3.8) is 0 Å².